The number of hydrogen-bond donors (Lipinski definition) is 1. The Morgan fingerprint density at radius 3 is 2.82 bits per heavy atom. The molecule has 3 nitrogen and oxygen atoms in total. The van der Waals surface area contributed by atoms with Crippen LogP contribution in [0.15, 0.2) is 18.2 Å². The molecule has 1 atom stereocenters. The van der Waals surface area contributed by atoms with Crippen molar-refractivity contribution in [3.05, 3.63) is 29.3 Å². The summed E-state index contributed by atoms with van der Waals surface area (Å²) in [6.45, 7) is 4.26. The molecule has 0 heterocycles. The topological polar surface area (TPSA) is 46.5 Å². The van der Waals surface area contributed by atoms with Gasteiger partial charge < -0.3 is 9.84 Å². The van der Waals surface area contributed by atoms with E-state index in [9.17, 15) is 4.79 Å². The summed E-state index contributed by atoms with van der Waals surface area (Å²) < 4.78 is 5.21. The fraction of sp³-hybridized carbons (Fsp3) is 0.500. The summed E-state index contributed by atoms with van der Waals surface area (Å²) in [4.78, 5) is 11.0. The van der Waals surface area contributed by atoms with Gasteiger partial charge in [0.25, 0.3) is 0 Å². The molecule has 0 radical (unpaired) electrons. The lowest BCUT2D eigenvalue weighted by molar-refractivity contribution is -0.138. The Balaban J connectivity index is 2.39. The Morgan fingerprint density at radius 1 is 1.53 bits per heavy atom. The molecule has 1 aromatic carbocycles. The number of hydrogen-bond acceptors (Lipinski definition) is 2. The molecule has 0 amide bonds. The Hall–Kier alpha value is -1.51. The number of fused-ring (bicyclic) bond motifs is 1. The SMILES string of the molecule is COc1ccc2c(c1)CC(C)(C)C2CC(=O)O. The number of aliphatic carboxylic acids is 1. The normalized spacial score (nSPS) is 21.0. The minimum Gasteiger partial charge on any atom is -0.497 e. The van der Waals surface area contributed by atoms with Gasteiger partial charge in [-0.05, 0) is 35.1 Å². The Bertz CT molecular complexity index is 449. The number of methoxy groups -OCH3 is 1. The molecular formula is C14H18O3. The zero-order chi connectivity index (χ0) is 12.6. The second-order valence-electron chi connectivity index (χ2n) is 5.38. The molecule has 17 heavy (non-hydrogen) atoms. The maximum Gasteiger partial charge on any atom is 0.303 e. The van der Waals surface area contributed by atoms with Crippen LogP contribution in [0.5, 0.6) is 5.75 Å². The highest BCUT2D eigenvalue weighted by Crippen LogP contribution is 2.49. The minimum atomic E-state index is -0.730. The molecule has 0 saturated heterocycles. The molecule has 1 aliphatic rings. The van der Waals surface area contributed by atoms with Crippen LogP contribution in [-0.4, -0.2) is 18.2 Å². The van der Waals surface area contributed by atoms with Gasteiger partial charge in [-0.1, -0.05) is 19.9 Å². The van der Waals surface area contributed by atoms with Crippen molar-refractivity contribution in [1.29, 1.82) is 0 Å². The first-order chi connectivity index (χ1) is 7.94. The average molecular weight is 234 g/mol. The highest BCUT2D eigenvalue weighted by Gasteiger charge is 2.39. The molecule has 92 valence electrons. The third-order valence-electron chi connectivity index (χ3n) is 3.69. The third kappa shape index (κ3) is 2.14. The second-order valence-corrected chi connectivity index (χ2v) is 5.38. The van der Waals surface area contributed by atoms with E-state index >= 15 is 0 Å². The standard InChI is InChI=1S/C14H18O3/c1-14(2)8-9-6-10(17-3)4-5-11(9)12(14)7-13(15)16/h4-6,12H,7-8H2,1-3H3,(H,15,16). The molecule has 0 saturated carbocycles. The summed E-state index contributed by atoms with van der Waals surface area (Å²) in [6.07, 6.45) is 1.11. The van der Waals surface area contributed by atoms with Crippen LogP contribution in [0.2, 0.25) is 0 Å². The Morgan fingerprint density at radius 2 is 2.24 bits per heavy atom. The molecule has 1 aliphatic carbocycles. The summed E-state index contributed by atoms with van der Waals surface area (Å²) in [5.74, 6) is 0.211. The van der Waals surface area contributed by atoms with Crippen LogP contribution in [0, 0.1) is 5.41 Å². The third-order valence-corrected chi connectivity index (χ3v) is 3.69. The zero-order valence-electron chi connectivity index (χ0n) is 10.5. The fourth-order valence-electron chi connectivity index (χ4n) is 2.80. The summed E-state index contributed by atoms with van der Waals surface area (Å²) >= 11 is 0. The molecule has 0 spiro atoms. The van der Waals surface area contributed by atoms with E-state index in [1.165, 1.54) is 11.1 Å². The van der Waals surface area contributed by atoms with E-state index in [1.54, 1.807) is 7.11 Å². The largest absolute Gasteiger partial charge is 0.497 e. The number of benzene rings is 1. The molecular weight excluding hydrogens is 216 g/mol. The van der Waals surface area contributed by atoms with Crippen molar-refractivity contribution < 1.29 is 14.6 Å². The fourth-order valence-corrected chi connectivity index (χ4v) is 2.80. The van der Waals surface area contributed by atoms with Crippen LogP contribution in [0.25, 0.3) is 0 Å². The van der Waals surface area contributed by atoms with Crippen molar-refractivity contribution in [1.82, 2.24) is 0 Å². The van der Waals surface area contributed by atoms with Crippen molar-refractivity contribution in [2.75, 3.05) is 7.11 Å². The van der Waals surface area contributed by atoms with E-state index in [4.69, 9.17) is 9.84 Å². The molecule has 1 aromatic rings. The van der Waals surface area contributed by atoms with Crippen LogP contribution < -0.4 is 4.74 Å². The zero-order valence-corrected chi connectivity index (χ0v) is 10.5. The lowest BCUT2D eigenvalue weighted by Crippen LogP contribution is -2.20. The number of ether oxygens (including phenoxy) is 1. The number of carboxylic acids is 1. The van der Waals surface area contributed by atoms with Gasteiger partial charge in [-0.25, -0.2) is 0 Å². The van der Waals surface area contributed by atoms with Gasteiger partial charge >= 0.3 is 5.97 Å². The van der Waals surface area contributed by atoms with Crippen LogP contribution in [-0.2, 0) is 11.2 Å². The van der Waals surface area contributed by atoms with E-state index < -0.39 is 5.97 Å². The van der Waals surface area contributed by atoms with Gasteiger partial charge in [-0.15, -0.1) is 0 Å². The predicted molar refractivity (Wildman–Crippen MR) is 65.5 cm³/mol. The summed E-state index contributed by atoms with van der Waals surface area (Å²) in [6, 6.07) is 5.95. The van der Waals surface area contributed by atoms with Gasteiger partial charge in [-0.2, -0.15) is 0 Å². The Kier molecular flexibility index (Phi) is 2.86. The van der Waals surface area contributed by atoms with Crippen molar-refractivity contribution in [2.24, 2.45) is 5.41 Å². The number of rotatable bonds is 3. The average Bonchev–Trinajstić information content (AvgIpc) is 2.48. The first-order valence-electron chi connectivity index (χ1n) is 5.82. The molecule has 0 fully saturated rings. The van der Waals surface area contributed by atoms with Crippen molar-refractivity contribution in [2.45, 2.75) is 32.6 Å². The maximum atomic E-state index is 11.0. The van der Waals surface area contributed by atoms with Gasteiger partial charge in [0.1, 0.15) is 5.75 Å². The van der Waals surface area contributed by atoms with Crippen molar-refractivity contribution in [3.63, 3.8) is 0 Å². The number of carboxylic acid groups (broad SMARTS) is 1. The minimum absolute atomic E-state index is 0.00703. The maximum absolute atomic E-state index is 11.0. The van der Waals surface area contributed by atoms with Gasteiger partial charge in [-0.3, -0.25) is 4.79 Å². The quantitative estimate of drug-likeness (QED) is 0.874. The highest BCUT2D eigenvalue weighted by atomic mass is 16.5. The highest BCUT2D eigenvalue weighted by molar-refractivity contribution is 5.69. The van der Waals surface area contributed by atoms with Crippen molar-refractivity contribution in [3.8, 4) is 5.75 Å². The predicted octanol–water partition coefficient (Wildman–Crippen LogP) is 2.84. The molecule has 0 aliphatic heterocycles. The van der Waals surface area contributed by atoms with E-state index in [0.29, 0.717) is 0 Å². The number of carbonyl (C=O) groups is 1. The van der Waals surface area contributed by atoms with E-state index in [1.807, 2.05) is 18.2 Å². The monoisotopic (exact) mass is 234 g/mol. The molecule has 1 unspecified atom stereocenters. The van der Waals surface area contributed by atoms with Crippen LogP contribution in [0.4, 0.5) is 0 Å². The summed E-state index contributed by atoms with van der Waals surface area (Å²) in [5.41, 5.74) is 2.39. The van der Waals surface area contributed by atoms with Crippen molar-refractivity contribution >= 4 is 5.97 Å². The van der Waals surface area contributed by atoms with Crippen LogP contribution >= 0.6 is 0 Å². The van der Waals surface area contributed by atoms with Gasteiger partial charge in [0, 0.05) is 5.92 Å². The lowest BCUT2D eigenvalue weighted by Gasteiger charge is -2.26. The second kappa shape index (κ2) is 4.06. The Labute approximate surface area is 101 Å². The first kappa shape index (κ1) is 12.0. The molecule has 0 aromatic heterocycles. The molecule has 0 bridgehead atoms. The molecule has 2 rings (SSSR count). The van der Waals surface area contributed by atoms with Gasteiger partial charge in [0.15, 0.2) is 0 Å². The first-order valence-corrected chi connectivity index (χ1v) is 5.82. The van der Waals surface area contributed by atoms with E-state index in [-0.39, 0.29) is 17.8 Å². The molecule has 3 heteroatoms. The van der Waals surface area contributed by atoms with E-state index in [0.717, 1.165) is 12.2 Å². The van der Waals surface area contributed by atoms with Gasteiger partial charge in [0.05, 0.1) is 13.5 Å². The van der Waals surface area contributed by atoms with Crippen LogP contribution in [0.1, 0.15) is 37.3 Å². The smallest absolute Gasteiger partial charge is 0.303 e. The summed E-state index contributed by atoms with van der Waals surface area (Å²) in [5, 5.41) is 9.01. The summed E-state index contributed by atoms with van der Waals surface area (Å²) in [7, 11) is 1.65. The van der Waals surface area contributed by atoms with E-state index in [2.05, 4.69) is 13.8 Å². The van der Waals surface area contributed by atoms with Crippen LogP contribution in [0.3, 0.4) is 0 Å². The lowest BCUT2D eigenvalue weighted by atomic mass is 9.78. The molecule has 1 N–H and O–H groups in total. The van der Waals surface area contributed by atoms with Gasteiger partial charge in [0.2, 0.25) is 0 Å².